The van der Waals surface area contributed by atoms with Gasteiger partial charge in [-0.25, -0.2) is 0 Å². The molecule has 7 heteroatoms. The molecular weight excluding hydrogens is 324 g/mol. The molecule has 2 N–H and O–H groups in total. The minimum absolute atomic E-state index is 0.135. The van der Waals surface area contributed by atoms with Crippen molar-refractivity contribution in [1.82, 2.24) is 5.32 Å². The molecule has 2 atom stereocenters. The van der Waals surface area contributed by atoms with Crippen LogP contribution in [0.3, 0.4) is 0 Å². The molecule has 0 saturated heterocycles. The maximum absolute atomic E-state index is 12.3. The summed E-state index contributed by atoms with van der Waals surface area (Å²) in [6.07, 6.45) is 2.10. The van der Waals surface area contributed by atoms with Crippen LogP contribution in [0.2, 0.25) is 0 Å². The second-order valence-corrected chi connectivity index (χ2v) is 5.80. The van der Waals surface area contributed by atoms with E-state index in [0.29, 0.717) is 35.9 Å². The zero-order chi connectivity index (χ0) is 17.8. The molecule has 1 fully saturated rings. The second-order valence-electron chi connectivity index (χ2n) is 5.80. The molecule has 3 rings (SSSR count). The van der Waals surface area contributed by atoms with Crippen molar-refractivity contribution >= 4 is 17.5 Å². The lowest BCUT2D eigenvalue weighted by atomic mass is 10.2. The summed E-state index contributed by atoms with van der Waals surface area (Å²) >= 11 is 0. The van der Waals surface area contributed by atoms with Crippen LogP contribution in [-0.4, -0.2) is 26.0 Å². The molecule has 1 saturated carbocycles. The highest BCUT2D eigenvalue weighted by molar-refractivity contribution is 5.99. The molecule has 1 aromatic carbocycles. The van der Waals surface area contributed by atoms with Gasteiger partial charge in [0.1, 0.15) is 5.76 Å². The normalized spacial score (nSPS) is 18.3. The van der Waals surface area contributed by atoms with Crippen molar-refractivity contribution in [3.8, 4) is 11.5 Å². The fourth-order valence-electron chi connectivity index (χ4n) is 2.64. The molecular formula is C18H20N2O5. The first kappa shape index (κ1) is 16.9. The lowest BCUT2D eigenvalue weighted by Crippen LogP contribution is -2.26. The largest absolute Gasteiger partial charge is 0.493 e. The van der Waals surface area contributed by atoms with Gasteiger partial charge < -0.3 is 24.5 Å². The number of ether oxygens (including phenoxy) is 2. The first-order chi connectivity index (χ1) is 12.1. The van der Waals surface area contributed by atoms with Crippen molar-refractivity contribution < 1.29 is 23.5 Å². The van der Waals surface area contributed by atoms with E-state index in [9.17, 15) is 9.59 Å². The summed E-state index contributed by atoms with van der Waals surface area (Å²) in [7, 11) is 3.08. The highest BCUT2D eigenvalue weighted by atomic mass is 16.5. The molecule has 0 aliphatic heterocycles. The fraction of sp³-hybridized carbons (Fsp3) is 0.333. The van der Waals surface area contributed by atoms with Gasteiger partial charge in [0.15, 0.2) is 11.5 Å². The fourth-order valence-corrected chi connectivity index (χ4v) is 2.64. The van der Waals surface area contributed by atoms with Gasteiger partial charge in [0.25, 0.3) is 0 Å². The van der Waals surface area contributed by atoms with Crippen molar-refractivity contribution in [3.63, 3.8) is 0 Å². The number of furan rings is 1. The van der Waals surface area contributed by atoms with E-state index >= 15 is 0 Å². The highest BCUT2D eigenvalue weighted by Crippen LogP contribution is 2.40. The monoisotopic (exact) mass is 344 g/mol. The molecule has 2 amide bonds. The Morgan fingerprint density at radius 1 is 1.12 bits per heavy atom. The first-order valence-electron chi connectivity index (χ1n) is 7.95. The van der Waals surface area contributed by atoms with Crippen molar-refractivity contribution in [2.24, 2.45) is 11.8 Å². The predicted octanol–water partition coefficient (Wildman–Crippen LogP) is 2.19. The van der Waals surface area contributed by atoms with Crippen molar-refractivity contribution in [2.45, 2.75) is 13.0 Å². The first-order valence-corrected chi connectivity index (χ1v) is 7.95. The molecule has 0 bridgehead atoms. The van der Waals surface area contributed by atoms with E-state index in [1.807, 2.05) is 0 Å². The lowest BCUT2D eigenvalue weighted by molar-refractivity contribution is -0.125. The van der Waals surface area contributed by atoms with Crippen LogP contribution in [0.4, 0.5) is 5.69 Å². The third-order valence-corrected chi connectivity index (χ3v) is 4.13. The Hall–Kier alpha value is -2.96. The average molecular weight is 344 g/mol. The molecule has 7 nitrogen and oxygen atoms in total. The Morgan fingerprint density at radius 3 is 2.56 bits per heavy atom. The number of anilines is 1. The maximum atomic E-state index is 12.3. The summed E-state index contributed by atoms with van der Waals surface area (Å²) in [5.41, 5.74) is 0.601. The summed E-state index contributed by atoms with van der Waals surface area (Å²) in [6, 6.07) is 8.68. The molecule has 2 unspecified atom stereocenters. The average Bonchev–Trinajstić information content (AvgIpc) is 3.27. The number of benzene rings is 1. The Kier molecular flexibility index (Phi) is 4.92. The van der Waals surface area contributed by atoms with Gasteiger partial charge in [0, 0.05) is 11.8 Å². The number of carbonyl (C=O) groups is 2. The summed E-state index contributed by atoms with van der Waals surface area (Å²) in [4.78, 5) is 24.4. The lowest BCUT2D eigenvalue weighted by Gasteiger charge is -2.10. The standard InChI is InChI=1S/C18H20N2O5/c1-23-15-6-5-11(8-16(15)24-2)20-18(22)14-9-13(14)17(21)19-10-12-4-3-7-25-12/h3-8,13-14H,9-10H2,1-2H3,(H,19,21)(H,20,22). The third-order valence-electron chi connectivity index (χ3n) is 4.13. The van der Waals surface area contributed by atoms with Gasteiger partial charge in [-0.05, 0) is 30.7 Å². The second kappa shape index (κ2) is 7.29. The van der Waals surface area contributed by atoms with Gasteiger partial charge in [-0.1, -0.05) is 0 Å². The van der Waals surface area contributed by atoms with Crippen LogP contribution in [-0.2, 0) is 16.1 Å². The van der Waals surface area contributed by atoms with Gasteiger partial charge in [-0.15, -0.1) is 0 Å². The van der Waals surface area contributed by atoms with Gasteiger partial charge in [0.2, 0.25) is 11.8 Å². The summed E-state index contributed by atoms with van der Waals surface area (Å²) < 4.78 is 15.5. The van der Waals surface area contributed by atoms with Crippen molar-refractivity contribution in [2.75, 3.05) is 19.5 Å². The Labute approximate surface area is 145 Å². The molecule has 25 heavy (non-hydrogen) atoms. The highest BCUT2D eigenvalue weighted by Gasteiger charge is 2.48. The van der Waals surface area contributed by atoms with Crippen LogP contribution in [0.25, 0.3) is 0 Å². The number of rotatable bonds is 7. The van der Waals surface area contributed by atoms with Gasteiger partial charge in [-0.2, -0.15) is 0 Å². The Morgan fingerprint density at radius 2 is 1.88 bits per heavy atom. The molecule has 1 aromatic heterocycles. The van der Waals surface area contributed by atoms with E-state index in [1.54, 1.807) is 43.7 Å². The van der Waals surface area contributed by atoms with Crippen LogP contribution in [0, 0.1) is 11.8 Å². The minimum atomic E-state index is -0.315. The Balaban J connectivity index is 1.52. The Bertz CT molecular complexity index is 757. The maximum Gasteiger partial charge on any atom is 0.228 e. The SMILES string of the molecule is COc1ccc(NC(=O)C2CC2C(=O)NCc2ccco2)cc1OC. The summed E-state index contributed by atoms with van der Waals surface area (Å²) in [5, 5.41) is 5.59. The number of nitrogens with one attached hydrogen (secondary N) is 2. The summed E-state index contributed by atoms with van der Waals surface area (Å²) in [6.45, 7) is 0.326. The molecule has 0 radical (unpaired) electrons. The zero-order valence-corrected chi connectivity index (χ0v) is 14.1. The van der Waals surface area contributed by atoms with E-state index in [0.717, 1.165) is 0 Å². The number of methoxy groups -OCH3 is 2. The number of hydrogen-bond donors (Lipinski definition) is 2. The molecule has 132 valence electrons. The summed E-state index contributed by atoms with van der Waals surface area (Å²) in [5.74, 6) is 0.875. The topological polar surface area (TPSA) is 89.8 Å². The van der Waals surface area contributed by atoms with Gasteiger partial charge >= 0.3 is 0 Å². The molecule has 1 aliphatic rings. The predicted molar refractivity (Wildman–Crippen MR) is 90.3 cm³/mol. The molecule has 0 spiro atoms. The zero-order valence-electron chi connectivity index (χ0n) is 14.1. The van der Waals surface area contributed by atoms with Crippen LogP contribution in [0.15, 0.2) is 41.0 Å². The van der Waals surface area contributed by atoms with E-state index < -0.39 is 0 Å². The number of carbonyl (C=O) groups excluding carboxylic acids is 2. The minimum Gasteiger partial charge on any atom is -0.493 e. The van der Waals surface area contributed by atoms with E-state index in [1.165, 1.54) is 7.11 Å². The van der Waals surface area contributed by atoms with Crippen LogP contribution in [0.1, 0.15) is 12.2 Å². The van der Waals surface area contributed by atoms with E-state index in [4.69, 9.17) is 13.9 Å². The molecule has 2 aromatic rings. The quantitative estimate of drug-likeness (QED) is 0.803. The molecule has 1 heterocycles. The number of amides is 2. The van der Waals surface area contributed by atoms with Crippen LogP contribution >= 0.6 is 0 Å². The number of hydrogen-bond acceptors (Lipinski definition) is 5. The van der Waals surface area contributed by atoms with E-state index in [-0.39, 0.29) is 23.7 Å². The van der Waals surface area contributed by atoms with Crippen LogP contribution in [0.5, 0.6) is 11.5 Å². The smallest absolute Gasteiger partial charge is 0.228 e. The molecule has 1 aliphatic carbocycles. The van der Waals surface area contributed by atoms with Crippen molar-refractivity contribution in [1.29, 1.82) is 0 Å². The van der Waals surface area contributed by atoms with Gasteiger partial charge in [-0.3, -0.25) is 9.59 Å². The van der Waals surface area contributed by atoms with Gasteiger partial charge in [0.05, 0.1) is 38.9 Å². The third kappa shape index (κ3) is 3.93. The van der Waals surface area contributed by atoms with Crippen molar-refractivity contribution in [3.05, 3.63) is 42.4 Å². The van der Waals surface area contributed by atoms with Crippen LogP contribution < -0.4 is 20.1 Å². The van der Waals surface area contributed by atoms with E-state index in [2.05, 4.69) is 10.6 Å².